The van der Waals surface area contributed by atoms with Crippen LogP contribution < -0.4 is 5.32 Å². The average Bonchev–Trinajstić information content (AvgIpc) is 3.79. The zero-order valence-corrected chi connectivity index (χ0v) is 41.1. The molecule has 374 valence electrons. The van der Waals surface area contributed by atoms with E-state index in [1.807, 2.05) is 81.6 Å². The largest absolute Gasteiger partial charge is 0.462 e. The quantitative estimate of drug-likeness (QED) is 0.105. The maximum Gasteiger partial charge on any atom is 0.308 e. The van der Waals surface area contributed by atoms with Gasteiger partial charge in [0, 0.05) is 48.8 Å². The van der Waals surface area contributed by atoms with Crippen molar-refractivity contribution in [3.8, 4) is 5.69 Å². The molecular formula is C52H71N7O10. The molecule has 1 amide bonds. The Bertz CT molecular complexity index is 2390. The topological polar surface area (TPSA) is 222 Å². The molecule has 12 atom stereocenters. The molecule has 2 aromatic carbocycles. The summed E-state index contributed by atoms with van der Waals surface area (Å²) >= 11 is 0. The van der Waals surface area contributed by atoms with E-state index in [0.717, 1.165) is 22.2 Å². The molecule has 17 heteroatoms. The fourth-order valence-corrected chi connectivity index (χ4v) is 9.49. The highest BCUT2D eigenvalue weighted by atomic mass is 16.7. The third-order valence-corrected chi connectivity index (χ3v) is 13.4. The summed E-state index contributed by atoms with van der Waals surface area (Å²) in [4.78, 5) is 48.0. The van der Waals surface area contributed by atoms with E-state index in [1.54, 1.807) is 55.9 Å². The van der Waals surface area contributed by atoms with E-state index in [4.69, 9.17) is 14.2 Å². The summed E-state index contributed by atoms with van der Waals surface area (Å²) in [5.74, 6) is -3.30. The van der Waals surface area contributed by atoms with Gasteiger partial charge in [-0.05, 0) is 95.6 Å². The highest BCUT2D eigenvalue weighted by Crippen LogP contribution is 2.35. The minimum absolute atomic E-state index is 0.139. The number of carbonyl (C=O) groups excluding carboxylic acids is 3. The van der Waals surface area contributed by atoms with Crippen LogP contribution in [0.2, 0.25) is 0 Å². The molecule has 4 heterocycles. The van der Waals surface area contributed by atoms with E-state index in [0.29, 0.717) is 49.4 Å². The van der Waals surface area contributed by atoms with Crippen molar-refractivity contribution in [2.24, 2.45) is 23.7 Å². The number of hydrogen-bond acceptors (Lipinski definition) is 15. The molecule has 0 radical (unpaired) electrons. The van der Waals surface area contributed by atoms with E-state index in [2.05, 4.69) is 25.5 Å². The number of allylic oxidation sites excluding steroid dienone is 3. The number of carbonyl (C=O) groups is 3. The second-order valence-electron chi connectivity index (χ2n) is 19.1. The second-order valence-corrected chi connectivity index (χ2v) is 19.1. The Balaban J connectivity index is 1.38. The Hall–Kier alpha value is -5.24. The monoisotopic (exact) mass is 954 g/mol. The van der Waals surface area contributed by atoms with Gasteiger partial charge in [0.15, 0.2) is 12.1 Å². The fraction of sp³-hybridized carbons (Fsp3) is 0.538. The zero-order chi connectivity index (χ0) is 49.9. The third-order valence-electron chi connectivity index (χ3n) is 13.4. The van der Waals surface area contributed by atoms with Crippen LogP contribution in [0.25, 0.3) is 16.6 Å². The molecule has 17 nitrogen and oxygen atoms in total. The van der Waals surface area contributed by atoms with Crippen molar-refractivity contribution < 1.29 is 49.0 Å². The first-order valence-corrected chi connectivity index (χ1v) is 24.0. The van der Waals surface area contributed by atoms with Gasteiger partial charge in [-0.25, -0.2) is 4.68 Å². The van der Waals surface area contributed by atoms with Crippen molar-refractivity contribution in [1.82, 2.24) is 29.8 Å². The van der Waals surface area contributed by atoms with Crippen molar-refractivity contribution in [2.75, 3.05) is 32.6 Å². The van der Waals surface area contributed by atoms with Crippen molar-refractivity contribution >= 4 is 34.3 Å². The molecule has 4 aromatic rings. The number of ketones is 1. The molecule has 5 N–H and O–H groups in total. The van der Waals surface area contributed by atoms with Gasteiger partial charge in [-0.1, -0.05) is 74.0 Å². The van der Waals surface area contributed by atoms with Crippen LogP contribution in [0.3, 0.4) is 0 Å². The normalized spacial score (nSPS) is 30.0. The summed E-state index contributed by atoms with van der Waals surface area (Å²) in [6.45, 7) is 11.4. The Morgan fingerprint density at radius 3 is 2.43 bits per heavy atom. The van der Waals surface area contributed by atoms with Gasteiger partial charge in [0.2, 0.25) is 5.91 Å². The molecule has 1 fully saturated rings. The van der Waals surface area contributed by atoms with Crippen LogP contribution in [-0.4, -0.2) is 144 Å². The van der Waals surface area contributed by atoms with Crippen LogP contribution in [0.4, 0.5) is 5.69 Å². The molecule has 69 heavy (non-hydrogen) atoms. The number of nitrogens with one attached hydrogen (secondary N) is 1. The molecule has 0 aliphatic carbocycles. The number of amides is 1. The molecule has 0 bridgehead atoms. The Kier molecular flexibility index (Phi) is 18.9. The van der Waals surface area contributed by atoms with Crippen LogP contribution in [-0.2, 0) is 41.7 Å². The number of anilines is 1. The van der Waals surface area contributed by atoms with Gasteiger partial charge in [0.25, 0.3) is 0 Å². The van der Waals surface area contributed by atoms with Gasteiger partial charge in [0.05, 0.1) is 72.8 Å². The summed E-state index contributed by atoms with van der Waals surface area (Å²) in [7, 11) is 3.50. The molecule has 6 rings (SSSR count). The number of aromatic nitrogens is 4. The summed E-state index contributed by atoms with van der Waals surface area (Å²) in [6, 6.07) is 16.6. The van der Waals surface area contributed by atoms with Gasteiger partial charge in [-0.15, -0.1) is 5.10 Å². The SMILES string of the molecule is CC[C@H]1OC(=O)C[C@@H](O)[C@H](C)[C@@H](O[C@@H]2O[C@H](C)[C@@H](O)[C@H](N(C)C)[C@H]2O)[C@@H](CCN(Cc2ccc(NC(C)=O)cc2)Cc2cn(-c3cnc4ccccc4c3)nn2)C[C@@H](C)C(=O)/C=C/C(C)=C/[C@@H]1CO. The van der Waals surface area contributed by atoms with E-state index < -0.39 is 78.6 Å². The zero-order valence-electron chi connectivity index (χ0n) is 41.1. The predicted octanol–water partition coefficient (Wildman–Crippen LogP) is 4.99. The number of para-hydroxylation sites is 1. The number of likely N-dealkylation sites (N-methyl/N-ethyl adjacent to an activating group) is 1. The molecule has 0 saturated carbocycles. The van der Waals surface area contributed by atoms with E-state index in [-0.39, 0.29) is 31.1 Å². The average molecular weight is 954 g/mol. The fourth-order valence-electron chi connectivity index (χ4n) is 9.49. The molecule has 0 unspecified atom stereocenters. The highest BCUT2D eigenvalue weighted by molar-refractivity contribution is 5.92. The number of aliphatic hydroxyl groups excluding tert-OH is 4. The molecule has 2 aliphatic rings. The first kappa shape index (κ1) is 53.1. The van der Waals surface area contributed by atoms with Crippen LogP contribution in [0, 0.1) is 23.7 Å². The maximum absolute atomic E-state index is 14.0. The lowest BCUT2D eigenvalue weighted by Gasteiger charge is -2.46. The Morgan fingerprint density at radius 1 is 1.00 bits per heavy atom. The lowest BCUT2D eigenvalue weighted by molar-refractivity contribution is -0.304. The van der Waals surface area contributed by atoms with Gasteiger partial charge in [0.1, 0.15) is 12.2 Å². The third kappa shape index (κ3) is 14.2. The molecule has 1 saturated heterocycles. The summed E-state index contributed by atoms with van der Waals surface area (Å²) < 4.78 is 20.6. The number of ether oxygens (including phenoxy) is 3. The van der Waals surface area contributed by atoms with Crippen molar-refractivity contribution in [3.05, 3.63) is 102 Å². The van der Waals surface area contributed by atoms with Crippen molar-refractivity contribution in [3.63, 3.8) is 0 Å². The highest BCUT2D eigenvalue weighted by Gasteiger charge is 2.47. The standard InChI is InChI=1S/C52H71N7O10/c1-9-46-39(30-60)22-31(2)14-19-44(62)32(3)23-38(51(33(4)45(63)25-47(64)68-46)69-52-50(66)48(57(7)8)49(65)34(5)67-52)20-21-58(27-36-15-17-40(18-16-36)54-35(6)61)28-41-29-59(56-55-41)42-24-37-12-10-11-13-43(37)53-26-42/h10-19,22,24,26,29,32-34,38-39,45-46,48-52,60,63,65-66H,9,20-21,23,25,27-28,30H2,1-8H3,(H,54,61)/b19-14+,31-22+/t32-,33+,34-,38+,39-,45-,46-,48+,49-,50-,51-,52+/m1/s1. The smallest absolute Gasteiger partial charge is 0.308 e. The molecule has 2 aromatic heterocycles. The first-order valence-electron chi connectivity index (χ1n) is 24.0. The number of rotatable bonds is 14. The minimum atomic E-state index is -1.31. The molecular weight excluding hydrogens is 883 g/mol. The predicted molar refractivity (Wildman–Crippen MR) is 261 cm³/mol. The number of cyclic esters (lactones) is 1. The maximum atomic E-state index is 14.0. The summed E-state index contributed by atoms with van der Waals surface area (Å²) in [5.41, 5.74) is 4.62. The van der Waals surface area contributed by atoms with E-state index in [9.17, 15) is 34.8 Å². The number of pyridine rings is 1. The van der Waals surface area contributed by atoms with Crippen LogP contribution >= 0.6 is 0 Å². The first-order chi connectivity index (χ1) is 32.9. The van der Waals surface area contributed by atoms with Crippen LogP contribution in [0.5, 0.6) is 0 Å². The number of nitrogens with zero attached hydrogens (tertiary/aromatic N) is 6. The second kappa shape index (κ2) is 24.5. The Labute approximate surface area is 405 Å². The molecule has 2 aliphatic heterocycles. The lowest BCUT2D eigenvalue weighted by Crippen LogP contribution is -2.63. The molecule has 0 spiro atoms. The van der Waals surface area contributed by atoms with E-state index in [1.165, 1.54) is 13.0 Å². The van der Waals surface area contributed by atoms with Crippen molar-refractivity contribution in [1.29, 1.82) is 0 Å². The van der Waals surface area contributed by atoms with Gasteiger partial charge < -0.3 is 44.9 Å². The summed E-state index contributed by atoms with van der Waals surface area (Å²) in [6.07, 6.45) is 2.15. The van der Waals surface area contributed by atoms with Gasteiger partial charge in [-0.2, -0.15) is 0 Å². The van der Waals surface area contributed by atoms with Crippen LogP contribution in [0.15, 0.2) is 90.8 Å². The van der Waals surface area contributed by atoms with Gasteiger partial charge in [-0.3, -0.25) is 24.3 Å². The lowest BCUT2D eigenvalue weighted by atomic mass is 9.79. The number of aliphatic hydroxyl groups is 4. The number of hydrogen-bond donors (Lipinski definition) is 5. The number of esters is 1. The van der Waals surface area contributed by atoms with E-state index >= 15 is 0 Å². The summed E-state index contributed by atoms with van der Waals surface area (Å²) in [5, 5.41) is 58.0. The van der Waals surface area contributed by atoms with Crippen molar-refractivity contribution in [2.45, 2.75) is 129 Å². The Morgan fingerprint density at radius 2 is 1.74 bits per heavy atom. The minimum Gasteiger partial charge on any atom is -0.462 e. The number of benzene rings is 2. The number of fused-ring (bicyclic) bond motifs is 1. The van der Waals surface area contributed by atoms with Crippen LogP contribution in [0.1, 0.15) is 78.5 Å². The van der Waals surface area contributed by atoms with Gasteiger partial charge >= 0.3 is 5.97 Å².